The Morgan fingerprint density at radius 3 is 2.58 bits per heavy atom. The van der Waals surface area contributed by atoms with Gasteiger partial charge in [0.25, 0.3) is 5.56 Å². The molecule has 1 heterocycles. The van der Waals surface area contributed by atoms with Crippen molar-refractivity contribution in [2.75, 3.05) is 0 Å². The summed E-state index contributed by atoms with van der Waals surface area (Å²) < 4.78 is 38.4. The van der Waals surface area contributed by atoms with Gasteiger partial charge in [-0.1, -0.05) is 0 Å². The van der Waals surface area contributed by atoms with Crippen molar-refractivity contribution in [3.8, 4) is 17.1 Å². The number of aromatic hydroxyl groups is 1. The number of halogens is 3. The van der Waals surface area contributed by atoms with Crippen molar-refractivity contribution in [1.82, 2.24) is 14.8 Å². The second-order valence-electron chi connectivity index (χ2n) is 3.80. The number of aromatic nitrogens is 3. The first-order chi connectivity index (χ1) is 8.80. The van der Waals surface area contributed by atoms with E-state index in [1.165, 1.54) is 7.05 Å². The van der Waals surface area contributed by atoms with Crippen LogP contribution in [0.25, 0.3) is 11.4 Å². The zero-order chi connectivity index (χ0) is 14.2. The molecule has 100 valence electrons. The van der Waals surface area contributed by atoms with Crippen molar-refractivity contribution in [2.45, 2.75) is 6.18 Å². The molecular formula is C11H8F3N3O2. The van der Waals surface area contributed by atoms with E-state index < -0.39 is 23.0 Å². The van der Waals surface area contributed by atoms with E-state index >= 15 is 0 Å². The summed E-state index contributed by atoms with van der Waals surface area (Å²) in [4.78, 5) is 11.3. The number of benzene rings is 1. The standard InChI is InChI=1S/C11H8F3N3O2/c1-17-9(19)5-15-16-10(17)7-3-2-6(4-8(7)18)11(12,13)14/h2-5,18H,1H3. The Labute approximate surface area is 105 Å². The van der Waals surface area contributed by atoms with Gasteiger partial charge in [-0.3, -0.25) is 9.36 Å². The van der Waals surface area contributed by atoms with Crippen LogP contribution in [-0.4, -0.2) is 19.9 Å². The van der Waals surface area contributed by atoms with E-state index in [-0.39, 0.29) is 11.4 Å². The summed E-state index contributed by atoms with van der Waals surface area (Å²) in [7, 11) is 1.38. The first-order valence-corrected chi connectivity index (χ1v) is 5.10. The number of phenols is 1. The Balaban J connectivity index is 2.59. The van der Waals surface area contributed by atoms with Gasteiger partial charge in [0.15, 0.2) is 5.82 Å². The molecule has 5 nitrogen and oxygen atoms in total. The quantitative estimate of drug-likeness (QED) is 0.854. The van der Waals surface area contributed by atoms with Crippen LogP contribution in [0, 0.1) is 0 Å². The summed E-state index contributed by atoms with van der Waals surface area (Å²) in [6, 6.07) is 2.42. The van der Waals surface area contributed by atoms with Crippen molar-refractivity contribution >= 4 is 0 Å². The lowest BCUT2D eigenvalue weighted by Gasteiger charge is -2.10. The average Bonchev–Trinajstić information content (AvgIpc) is 2.32. The smallest absolute Gasteiger partial charge is 0.416 e. The van der Waals surface area contributed by atoms with E-state index in [1.807, 2.05) is 0 Å². The highest BCUT2D eigenvalue weighted by Crippen LogP contribution is 2.35. The van der Waals surface area contributed by atoms with Crippen molar-refractivity contribution in [2.24, 2.45) is 7.05 Å². The van der Waals surface area contributed by atoms with Crippen LogP contribution >= 0.6 is 0 Å². The average molecular weight is 271 g/mol. The van der Waals surface area contributed by atoms with Crippen LogP contribution in [0.5, 0.6) is 5.75 Å². The fourth-order valence-electron chi connectivity index (χ4n) is 1.52. The number of hydrogen-bond acceptors (Lipinski definition) is 4. The van der Waals surface area contributed by atoms with Gasteiger partial charge in [0.1, 0.15) is 11.9 Å². The molecule has 0 radical (unpaired) electrons. The van der Waals surface area contributed by atoms with Gasteiger partial charge >= 0.3 is 6.18 Å². The van der Waals surface area contributed by atoms with Gasteiger partial charge in [-0.05, 0) is 18.2 Å². The lowest BCUT2D eigenvalue weighted by molar-refractivity contribution is -0.137. The highest BCUT2D eigenvalue weighted by molar-refractivity contribution is 5.64. The molecule has 2 aromatic rings. The monoisotopic (exact) mass is 271 g/mol. The SMILES string of the molecule is Cn1c(-c2ccc(C(F)(F)F)cc2O)nncc1=O. The minimum absolute atomic E-state index is 0.000648. The van der Waals surface area contributed by atoms with Crippen molar-refractivity contribution in [3.63, 3.8) is 0 Å². The van der Waals surface area contributed by atoms with Gasteiger partial charge in [-0.2, -0.15) is 18.3 Å². The van der Waals surface area contributed by atoms with Crippen molar-refractivity contribution < 1.29 is 18.3 Å². The molecule has 0 saturated heterocycles. The Hall–Kier alpha value is -2.38. The molecule has 1 aromatic heterocycles. The molecule has 19 heavy (non-hydrogen) atoms. The molecule has 0 aliphatic carbocycles. The molecule has 0 spiro atoms. The summed E-state index contributed by atoms with van der Waals surface area (Å²) in [5.41, 5.74) is -1.47. The molecule has 0 bridgehead atoms. The van der Waals surface area contributed by atoms with E-state index in [2.05, 4.69) is 10.2 Å². The number of phenolic OH excluding ortho intramolecular Hbond substituents is 1. The molecular weight excluding hydrogens is 263 g/mol. The van der Waals surface area contributed by atoms with Gasteiger partial charge in [-0.15, -0.1) is 5.10 Å². The third-order valence-corrected chi connectivity index (χ3v) is 2.53. The number of hydrogen-bond donors (Lipinski definition) is 1. The zero-order valence-corrected chi connectivity index (χ0v) is 9.64. The van der Waals surface area contributed by atoms with Gasteiger partial charge in [-0.25, -0.2) is 0 Å². The molecule has 0 fully saturated rings. The summed E-state index contributed by atoms with van der Waals surface area (Å²) in [5.74, 6) is -0.635. The van der Waals surface area contributed by atoms with Crippen LogP contribution < -0.4 is 5.56 Å². The molecule has 0 unspecified atom stereocenters. The molecule has 0 aliphatic rings. The first-order valence-electron chi connectivity index (χ1n) is 5.10. The fraction of sp³-hybridized carbons (Fsp3) is 0.182. The van der Waals surface area contributed by atoms with Crippen molar-refractivity contribution in [3.05, 3.63) is 40.3 Å². The molecule has 2 rings (SSSR count). The maximum absolute atomic E-state index is 12.5. The maximum Gasteiger partial charge on any atom is 0.416 e. The van der Waals surface area contributed by atoms with Crippen LogP contribution in [-0.2, 0) is 13.2 Å². The number of rotatable bonds is 1. The van der Waals surface area contributed by atoms with E-state index in [1.54, 1.807) is 0 Å². The van der Waals surface area contributed by atoms with Crippen LogP contribution in [0.4, 0.5) is 13.2 Å². The predicted octanol–water partition coefficient (Wildman–Crippen LogP) is 1.57. The molecule has 1 aromatic carbocycles. The summed E-state index contributed by atoms with van der Waals surface area (Å²) >= 11 is 0. The minimum atomic E-state index is -4.55. The Morgan fingerprint density at radius 1 is 1.32 bits per heavy atom. The Bertz CT molecular complexity index is 680. The highest BCUT2D eigenvalue weighted by Gasteiger charge is 2.31. The Kier molecular flexibility index (Phi) is 3.01. The molecule has 8 heteroatoms. The molecule has 0 aliphatic heterocycles. The number of nitrogens with zero attached hydrogens (tertiary/aromatic N) is 3. The Morgan fingerprint density at radius 2 is 2.00 bits per heavy atom. The van der Waals surface area contributed by atoms with E-state index in [9.17, 15) is 23.1 Å². The predicted molar refractivity (Wildman–Crippen MR) is 59.4 cm³/mol. The molecule has 1 N–H and O–H groups in total. The molecule has 0 atom stereocenters. The van der Waals surface area contributed by atoms with Gasteiger partial charge in [0.2, 0.25) is 0 Å². The molecule has 0 amide bonds. The van der Waals surface area contributed by atoms with E-state index in [0.29, 0.717) is 6.07 Å². The van der Waals surface area contributed by atoms with Crippen LogP contribution in [0.15, 0.2) is 29.2 Å². The third kappa shape index (κ3) is 2.42. The largest absolute Gasteiger partial charge is 0.507 e. The normalized spacial score (nSPS) is 11.6. The summed E-state index contributed by atoms with van der Waals surface area (Å²) in [6.45, 7) is 0. The van der Waals surface area contributed by atoms with Crippen molar-refractivity contribution in [1.29, 1.82) is 0 Å². The highest BCUT2D eigenvalue weighted by atomic mass is 19.4. The fourth-order valence-corrected chi connectivity index (χ4v) is 1.52. The van der Waals surface area contributed by atoms with Gasteiger partial charge in [0.05, 0.1) is 11.1 Å². The maximum atomic E-state index is 12.5. The number of alkyl halides is 3. The summed E-state index contributed by atoms with van der Waals surface area (Å²) in [6.07, 6.45) is -3.59. The van der Waals surface area contributed by atoms with E-state index in [4.69, 9.17) is 0 Å². The lowest BCUT2D eigenvalue weighted by atomic mass is 10.1. The zero-order valence-electron chi connectivity index (χ0n) is 9.64. The minimum Gasteiger partial charge on any atom is -0.507 e. The molecule has 0 saturated carbocycles. The first kappa shape index (κ1) is 13.1. The third-order valence-electron chi connectivity index (χ3n) is 2.53. The van der Waals surface area contributed by atoms with Crippen LogP contribution in [0.1, 0.15) is 5.56 Å². The second-order valence-corrected chi connectivity index (χ2v) is 3.80. The van der Waals surface area contributed by atoms with Gasteiger partial charge in [0, 0.05) is 7.05 Å². The second kappa shape index (κ2) is 4.38. The van der Waals surface area contributed by atoms with E-state index in [0.717, 1.165) is 22.9 Å². The summed E-state index contributed by atoms with van der Waals surface area (Å²) in [5, 5.41) is 16.7. The van der Waals surface area contributed by atoms with Gasteiger partial charge < -0.3 is 5.11 Å². The lowest BCUT2D eigenvalue weighted by Crippen LogP contribution is -2.19. The van der Waals surface area contributed by atoms with Crippen LogP contribution in [0.3, 0.4) is 0 Å². The van der Waals surface area contributed by atoms with Crippen LogP contribution in [0.2, 0.25) is 0 Å². The topological polar surface area (TPSA) is 68.0 Å².